The normalized spacial score (nSPS) is 26.3. The predicted octanol–water partition coefficient (Wildman–Crippen LogP) is 3.65. The number of piperidine rings is 1. The lowest BCUT2D eigenvalue weighted by molar-refractivity contribution is -0.141. The topological polar surface area (TPSA) is 91.8 Å². The Bertz CT molecular complexity index is 1290. The van der Waals surface area contributed by atoms with E-state index in [1.165, 1.54) is 17.2 Å². The smallest absolute Gasteiger partial charge is 0.433 e. The van der Waals surface area contributed by atoms with Crippen LogP contribution in [-0.2, 0) is 22.3 Å². The van der Waals surface area contributed by atoms with Gasteiger partial charge in [0.25, 0.3) is 5.91 Å². The van der Waals surface area contributed by atoms with Crippen LogP contribution in [0.15, 0.2) is 36.5 Å². The summed E-state index contributed by atoms with van der Waals surface area (Å²) in [6, 6.07) is 7.52. The summed E-state index contributed by atoms with van der Waals surface area (Å²) in [5, 5.41) is 2.32. The van der Waals surface area contributed by atoms with Crippen LogP contribution in [0.3, 0.4) is 0 Å². The maximum Gasteiger partial charge on any atom is 0.433 e. The third-order valence-corrected chi connectivity index (χ3v) is 8.38. The highest BCUT2D eigenvalue weighted by atomic mass is 19.4. The van der Waals surface area contributed by atoms with Crippen LogP contribution in [0.1, 0.15) is 71.6 Å². The van der Waals surface area contributed by atoms with Crippen LogP contribution in [0, 0.1) is 0 Å². The number of pyridine rings is 1. The summed E-state index contributed by atoms with van der Waals surface area (Å²) in [4.78, 5) is 44.3. The van der Waals surface area contributed by atoms with Gasteiger partial charge in [-0.05, 0) is 61.1 Å². The molecule has 8 nitrogen and oxygen atoms in total. The molecule has 2 saturated heterocycles. The number of likely N-dealkylation sites (tertiary alicyclic amines) is 1. The van der Waals surface area contributed by atoms with Crippen LogP contribution in [0.2, 0.25) is 0 Å². The number of benzene rings is 1. The molecule has 4 aliphatic rings. The molecule has 11 heteroatoms. The van der Waals surface area contributed by atoms with E-state index in [1.54, 1.807) is 12.1 Å². The van der Waals surface area contributed by atoms with Crippen molar-refractivity contribution in [3.8, 4) is 5.75 Å². The Kier molecular flexibility index (Phi) is 6.57. The highest BCUT2D eigenvalue weighted by Gasteiger charge is 2.41. The molecule has 39 heavy (non-hydrogen) atoms. The number of ether oxygens (including phenoxy) is 1. The molecule has 3 amide bonds. The molecule has 0 radical (unpaired) electrons. The standard InChI is InChI=1S/C28H29F3N4O4/c29-28(30,31)24-9-5-16(12-32-24)18-13-34(14-18)21-3-1-2-4-23(21)39-19-6-7-20-17(11-19)15-35(27(20)38)22-8-10-25(36)33-26(22)37/h5-7,9,11-12,18,21-23H,1-4,8,10,13-15H2,(H,33,36,37)/t21?,22?,23-/m1/s1. The van der Waals surface area contributed by atoms with Gasteiger partial charge in [-0.1, -0.05) is 12.5 Å². The number of alkyl halides is 3. The number of carbonyl (C=O) groups excluding carboxylic acids is 3. The molecule has 3 fully saturated rings. The fourth-order valence-corrected chi connectivity index (χ4v) is 6.24. The Morgan fingerprint density at radius 1 is 1.00 bits per heavy atom. The molecule has 0 spiro atoms. The largest absolute Gasteiger partial charge is 0.489 e. The molecular weight excluding hydrogens is 513 g/mol. The van der Waals surface area contributed by atoms with Gasteiger partial charge in [0.15, 0.2) is 0 Å². The zero-order valence-corrected chi connectivity index (χ0v) is 21.2. The van der Waals surface area contributed by atoms with Gasteiger partial charge in [-0.2, -0.15) is 13.2 Å². The molecule has 206 valence electrons. The van der Waals surface area contributed by atoms with Crippen molar-refractivity contribution >= 4 is 17.7 Å². The Hall–Kier alpha value is -3.47. The van der Waals surface area contributed by atoms with Gasteiger partial charge in [-0.3, -0.25) is 29.6 Å². The molecule has 0 bridgehead atoms. The molecule has 2 unspecified atom stereocenters. The van der Waals surface area contributed by atoms with E-state index in [0.717, 1.165) is 56.0 Å². The minimum Gasteiger partial charge on any atom is -0.489 e. The van der Waals surface area contributed by atoms with Gasteiger partial charge in [0.05, 0.1) is 0 Å². The summed E-state index contributed by atoms with van der Waals surface area (Å²) in [6.45, 7) is 1.79. The van der Waals surface area contributed by atoms with Crippen molar-refractivity contribution in [3.63, 3.8) is 0 Å². The number of rotatable bonds is 5. The van der Waals surface area contributed by atoms with Gasteiger partial charge in [-0.15, -0.1) is 0 Å². The lowest BCUT2D eigenvalue weighted by Gasteiger charge is -2.48. The van der Waals surface area contributed by atoms with Crippen LogP contribution >= 0.6 is 0 Å². The van der Waals surface area contributed by atoms with E-state index in [9.17, 15) is 27.6 Å². The Morgan fingerprint density at radius 3 is 2.51 bits per heavy atom. The fourth-order valence-electron chi connectivity index (χ4n) is 6.24. The summed E-state index contributed by atoms with van der Waals surface area (Å²) in [7, 11) is 0. The highest BCUT2D eigenvalue weighted by Crippen LogP contribution is 2.37. The first-order valence-corrected chi connectivity index (χ1v) is 13.4. The first-order valence-electron chi connectivity index (χ1n) is 13.4. The van der Waals surface area contributed by atoms with Crippen molar-refractivity contribution < 1.29 is 32.3 Å². The number of halogens is 3. The summed E-state index contributed by atoms with van der Waals surface area (Å²) in [5.74, 6) is -0.151. The van der Waals surface area contributed by atoms with Gasteiger partial charge in [0, 0.05) is 49.8 Å². The Balaban J connectivity index is 1.09. The molecule has 1 aromatic carbocycles. The van der Waals surface area contributed by atoms with Gasteiger partial charge < -0.3 is 9.64 Å². The molecule has 3 aliphatic heterocycles. The third-order valence-electron chi connectivity index (χ3n) is 8.38. The summed E-state index contributed by atoms with van der Waals surface area (Å²) in [6.07, 6.45) is 1.40. The van der Waals surface area contributed by atoms with E-state index in [1.807, 2.05) is 6.07 Å². The van der Waals surface area contributed by atoms with Crippen LogP contribution in [0.5, 0.6) is 5.75 Å². The predicted molar refractivity (Wildman–Crippen MR) is 133 cm³/mol. The summed E-state index contributed by atoms with van der Waals surface area (Å²) >= 11 is 0. The van der Waals surface area contributed by atoms with E-state index < -0.39 is 23.8 Å². The lowest BCUT2D eigenvalue weighted by Crippen LogP contribution is -2.57. The fraction of sp³-hybridized carbons (Fsp3) is 0.500. The number of amides is 3. The average Bonchev–Trinajstić information content (AvgIpc) is 3.19. The molecule has 1 saturated carbocycles. The van der Waals surface area contributed by atoms with Crippen LogP contribution in [0.25, 0.3) is 0 Å². The number of aromatic nitrogens is 1. The lowest BCUT2D eigenvalue weighted by atomic mass is 9.84. The summed E-state index contributed by atoms with van der Waals surface area (Å²) < 4.78 is 45.0. The first kappa shape index (κ1) is 25.8. The van der Waals surface area contributed by atoms with Crippen LogP contribution in [0.4, 0.5) is 13.2 Å². The van der Waals surface area contributed by atoms with Gasteiger partial charge in [0.2, 0.25) is 11.8 Å². The van der Waals surface area contributed by atoms with Crippen molar-refractivity contribution in [1.82, 2.24) is 20.1 Å². The van der Waals surface area contributed by atoms with E-state index >= 15 is 0 Å². The van der Waals surface area contributed by atoms with Crippen LogP contribution < -0.4 is 10.1 Å². The number of fused-ring (bicyclic) bond motifs is 1. The SMILES string of the molecule is O=C1CCC(N2Cc3cc(O[C@@H]4CCCCC4N4CC(c5ccc(C(F)(F)F)nc5)C4)ccc3C2=O)C(=O)N1. The van der Waals surface area contributed by atoms with Gasteiger partial charge in [-0.25, -0.2) is 0 Å². The van der Waals surface area contributed by atoms with E-state index in [4.69, 9.17) is 4.74 Å². The molecule has 2 aromatic rings. The number of nitrogens with one attached hydrogen (secondary N) is 1. The molecule has 1 aliphatic carbocycles. The van der Waals surface area contributed by atoms with Crippen molar-refractivity contribution in [2.75, 3.05) is 13.1 Å². The Labute approximate surface area is 223 Å². The van der Waals surface area contributed by atoms with Gasteiger partial charge >= 0.3 is 6.18 Å². The number of nitrogens with zero attached hydrogens (tertiary/aromatic N) is 3. The zero-order chi connectivity index (χ0) is 27.3. The number of carbonyl (C=O) groups is 3. The van der Waals surface area contributed by atoms with Crippen LogP contribution in [-0.4, -0.2) is 63.8 Å². The molecule has 1 aromatic heterocycles. The highest BCUT2D eigenvalue weighted by molar-refractivity contribution is 6.05. The molecule has 6 rings (SSSR count). The quantitative estimate of drug-likeness (QED) is 0.580. The maximum atomic E-state index is 13.0. The third kappa shape index (κ3) is 4.99. The molecule has 4 heterocycles. The van der Waals surface area contributed by atoms with Crippen molar-refractivity contribution in [2.24, 2.45) is 0 Å². The second-order valence-electron chi connectivity index (χ2n) is 10.9. The minimum atomic E-state index is -4.44. The minimum absolute atomic E-state index is 0.0353. The number of hydrogen-bond acceptors (Lipinski definition) is 6. The molecule has 3 atom stereocenters. The summed E-state index contributed by atoms with van der Waals surface area (Å²) in [5.41, 5.74) is 1.28. The van der Waals surface area contributed by atoms with Crippen molar-refractivity contribution in [3.05, 3.63) is 58.9 Å². The van der Waals surface area contributed by atoms with Gasteiger partial charge in [0.1, 0.15) is 23.6 Å². The average molecular weight is 543 g/mol. The number of hydrogen-bond donors (Lipinski definition) is 1. The van der Waals surface area contributed by atoms with E-state index in [2.05, 4.69) is 15.2 Å². The monoisotopic (exact) mass is 542 g/mol. The van der Waals surface area contributed by atoms with Crippen molar-refractivity contribution in [1.29, 1.82) is 0 Å². The maximum absolute atomic E-state index is 13.0. The Morgan fingerprint density at radius 2 is 1.79 bits per heavy atom. The second-order valence-corrected chi connectivity index (χ2v) is 10.9. The van der Waals surface area contributed by atoms with E-state index in [0.29, 0.717) is 24.3 Å². The molecular formula is C28H29F3N4O4. The zero-order valence-electron chi connectivity index (χ0n) is 21.2. The second kappa shape index (κ2) is 9.93. The number of imide groups is 1. The molecule has 1 N–H and O–H groups in total. The van der Waals surface area contributed by atoms with Crippen molar-refractivity contribution in [2.45, 2.75) is 75.4 Å². The first-order chi connectivity index (χ1) is 18.7. The van der Waals surface area contributed by atoms with E-state index in [-0.39, 0.29) is 36.3 Å².